The van der Waals surface area contributed by atoms with E-state index in [0.717, 1.165) is 0 Å². The minimum atomic E-state index is -1.44. The summed E-state index contributed by atoms with van der Waals surface area (Å²) in [6.45, 7) is 0. The molecule has 2 atom stereocenters. The molecule has 21 heavy (non-hydrogen) atoms. The van der Waals surface area contributed by atoms with Crippen LogP contribution in [0.4, 0.5) is 0 Å². The molecule has 0 aliphatic carbocycles. The second-order valence-corrected chi connectivity index (χ2v) is 3.67. The fourth-order valence-electron chi connectivity index (χ4n) is 0.782. The minimum Gasteiger partial charge on any atom is -1.00 e. The second-order valence-electron chi connectivity index (χ2n) is 3.67. The average molecular weight is 332 g/mol. The number of carboxylic acid groups (broad SMARTS) is 4. The molecule has 0 amide bonds. The molecule has 0 saturated heterocycles. The van der Waals surface area contributed by atoms with Crippen molar-refractivity contribution in [2.45, 2.75) is 37.8 Å². The summed E-state index contributed by atoms with van der Waals surface area (Å²) in [5.41, 5.74) is 9.82. The van der Waals surface area contributed by atoms with E-state index >= 15 is 0 Å². The first-order chi connectivity index (χ1) is 9.07. The zero-order valence-electron chi connectivity index (χ0n) is 13.1. The van der Waals surface area contributed by atoms with Gasteiger partial charge >= 0.3 is 37.7 Å². The number of carbonyl (C=O) groups excluding carboxylic acids is 4. The van der Waals surface area contributed by atoms with Gasteiger partial charge in [0.15, 0.2) is 0 Å². The van der Waals surface area contributed by atoms with Gasteiger partial charge < -0.3 is 53.9 Å². The van der Waals surface area contributed by atoms with Gasteiger partial charge in [0.2, 0.25) is 0 Å². The van der Waals surface area contributed by atoms with Crippen molar-refractivity contribution in [3.8, 4) is 0 Å². The summed E-state index contributed by atoms with van der Waals surface area (Å²) in [5, 5.41) is 39.2. The van der Waals surface area contributed by atoms with Crippen molar-refractivity contribution in [1.29, 1.82) is 0 Å². The van der Waals surface area contributed by atoms with Crippen molar-refractivity contribution in [1.82, 2.24) is 0 Å². The maximum atomic E-state index is 9.86. The number of hydrogen-bond acceptors (Lipinski definition) is 10. The molecule has 11 heteroatoms. The topological polar surface area (TPSA) is 213 Å². The van der Waals surface area contributed by atoms with Gasteiger partial charge in [-0.3, -0.25) is 0 Å². The Hall–Kier alpha value is -0.940. The Labute approximate surface area is 153 Å². The third-order valence-electron chi connectivity index (χ3n) is 1.92. The summed E-state index contributed by atoms with van der Waals surface area (Å²) in [4.78, 5) is 39.2. The number of nitrogens with two attached hydrogens (primary N) is 2. The van der Waals surface area contributed by atoms with Crippen LogP contribution in [-0.2, 0) is 19.2 Å². The van der Waals surface area contributed by atoms with Gasteiger partial charge in [0.1, 0.15) is 0 Å². The van der Waals surface area contributed by atoms with Crippen LogP contribution in [-0.4, -0.2) is 73.7 Å². The second kappa shape index (κ2) is 14.0. The van der Waals surface area contributed by atoms with E-state index in [1.54, 1.807) is 0 Å². The van der Waals surface area contributed by atoms with Gasteiger partial charge in [0.25, 0.3) is 0 Å². The summed E-state index contributed by atoms with van der Waals surface area (Å²) in [6.07, 6.45) is -1.00. The van der Waals surface area contributed by atoms with E-state index < -0.39 is 36.0 Å². The molecule has 0 heterocycles. The van der Waals surface area contributed by atoms with Crippen molar-refractivity contribution in [3.05, 3.63) is 0 Å². The standard InChI is InChI=1S/2C5H9NO4.Ca.2H/c2*6-3(5(9)10)1-2-4(7)8;;;/h2*3H,1-2,6H2,(H,7,8)(H,9,10);;;/q;;+2;2*-1/p-4/t2*3-;;;/m00.../s1. The number of hydrogen-bond donors (Lipinski definition) is 2. The molecule has 4 N–H and O–H groups in total. The molecule has 0 fully saturated rings. The first kappa shape index (κ1) is 25.0. The number of aliphatic carboxylic acids is 4. The van der Waals surface area contributed by atoms with E-state index in [1.165, 1.54) is 0 Å². The number of rotatable bonds is 8. The minimum absolute atomic E-state index is 0. The smallest absolute Gasteiger partial charge is 1.00 e. The van der Waals surface area contributed by atoms with Crippen molar-refractivity contribution in [3.63, 3.8) is 0 Å². The van der Waals surface area contributed by atoms with Crippen molar-refractivity contribution < 1.29 is 42.5 Å². The molecule has 0 saturated carbocycles. The van der Waals surface area contributed by atoms with Crippen molar-refractivity contribution >= 4 is 61.6 Å². The average Bonchev–Trinajstić information content (AvgIpc) is 2.33. The monoisotopic (exact) mass is 332 g/mol. The first-order valence-electron chi connectivity index (χ1n) is 5.40. The molecule has 10 nitrogen and oxygen atoms in total. The van der Waals surface area contributed by atoms with Crippen molar-refractivity contribution in [2.75, 3.05) is 0 Å². The summed E-state index contributed by atoms with van der Waals surface area (Å²) in [7, 11) is 0. The SMILES string of the molecule is N[C@@H](CCC(=O)[O-])C(=O)[O-].N[C@@H](CCC(=O)[O-])C(=O)[O-].[Ca+2].[H-].[H-]. The van der Waals surface area contributed by atoms with Gasteiger partial charge in [-0.1, -0.05) is 0 Å². The van der Waals surface area contributed by atoms with Crippen LogP contribution in [0.2, 0.25) is 0 Å². The van der Waals surface area contributed by atoms with Crippen LogP contribution < -0.4 is 31.9 Å². The molecular formula is C10H16CaN2O8-4. The summed E-state index contributed by atoms with van der Waals surface area (Å²) in [6, 6.07) is -2.42. The molecular weight excluding hydrogens is 316 g/mol. The van der Waals surface area contributed by atoms with Crippen LogP contribution in [0, 0.1) is 0 Å². The third-order valence-corrected chi connectivity index (χ3v) is 1.92. The largest absolute Gasteiger partial charge is 2.00 e. The van der Waals surface area contributed by atoms with E-state index in [0.29, 0.717) is 0 Å². The van der Waals surface area contributed by atoms with E-state index in [9.17, 15) is 39.6 Å². The van der Waals surface area contributed by atoms with E-state index in [4.69, 9.17) is 11.5 Å². The van der Waals surface area contributed by atoms with Gasteiger partial charge in [-0.05, 0) is 25.7 Å². The molecule has 0 aromatic rings. The van der Waals surface area contributed by atoms with Crippen LogP contribution in [0.3, 0.4) is 0 Å². The predicted molar refractivity (Wildman–Crippen MR) is 62.4 cm³/mol. The molecule has 0 radical (unpaired) electrons. The molecule has 0 bridgehead atoms. The Morgan fingerprint density at radius 2 is 1.00 bits per heavy atom. The van der Waals surface area contributed by atoms with E-state index in [2.05, 4.69) is 0 Å². The van der Waals surface area contributed by atoms with Crippen LogP contribution in [0.15, 0.2) is 0 Å². The molecule has 120 valence electrons. The van der Waals surface area contributed by atoms with Gasteiger partial charge in [-0.25, -0.2) is 0 Å². The molecule has 0 unspecified atom stereocenters. The molecule has 0 aliphatic heterocycles. The molecule has 0 spiro atoms. The normalized spacial score (nSPS) is 11.9. The first-order valence-corrected chi connectivity index (χ1v) is 5.40. The van der Waals surface area contributed by atoms with Crippen molar-refractivity contribution in [2.24, 2.45) is 11.5 Å². The zero-order chi connectivity index (χ0) is 16.3. The van der Waals surface area contributed by atoms with Crippen LogP contribution in [0.5, 0.6) is 0 Å². The van der Waals surface area contributed by atoms with Crippen LogP contribution in [0.25, 0.3) is 0 Å². The fraction of sp³-hybridized carbons (Fsp3) is 0.600. The quantitative estimate of drug-likeness (QED) is 0.400. The Balaban J connectivity index is -0.0000000831. The Morgan fingerprint density at radius 1 is 0.762 bits per heavy atom. The Morgan fingerprint density at radius 3 is 1.14 bits per heavy atom. The third kappa shape index (κ3) is 19.1. The molecule has 0 aromatic carbocycles. The number of carboxylic acids is 4. The maximum Gasteiger partial charge on any atom is 2.00 e. The Kier molecular flexibility index (Phi) is 16.7. The van der Waals surface area contributed by atoms with E-state index in [-0.39, 0.29) is 66.3 Å². The molecule has 0 aliphatic rings. The fourth-order valence-corrected chi connectivity index (χ4v) is 0.782. The molecule has 0 rings (SSSR count). The van der Waals surface area contributed by atoms with Gasteiger partial charge in [0.05, 0.1) is 11.9 Å². The zero-order valence-corrected chi connectivity index (χ0v) is 13.3. The van der Waals surface area contributed by atoms with Crippen LogP contribution >= 0.6 is 0 Å². The molecule has 0 aromatic heterocycles. The predicted octanol–water partition coefficient (Wildman–Crippen LogP) is -6.97. The van der Waals surface area contributed by atoms with Gasteiger partial charge in [-0.15, -0.1) is 0 Å². The number of carbonyl (C=O) groups is 4. The van der Waals surface area contributed by atoms with Gasteiger partial charge in [-0.2, -0.15) is 0 Å². The Bertz CT molecular complexity index is 339. The maximum absolute atomic E-state index is 9.86. The summed E-state index contributed by atoms with van der Waals surface area (Å²) < 4.78 is 0. The van der Waals surface area contributed by atoms with Crippen LogP contribution in [0.1, 0.15) is 28.5 Å². The summed E-state index contributed by atoms with van der Waals surface area (Å²) >= 11 is 0. The van der Waals surface area contributed by atoms with Gasteiger partial charge in [0, 0.05) is 24.0 Å². The van der Waals surface area contributed by atoms with E-state index in [1.807, 2.05) is 0 Å². The summed E-state index contributed by atoms with van der Waals surface area (Å²) in [5.74, 6) is -5.50.